The Morgan fingerprint density at radius 3 is 1.56 bits per heavy atom. The number of aromatic carboxylic acids is 2. The van der Waals surface area contributed by atoms with E-state index in [1.54, 1.807) is 12.1 Å². The molecule has 0 radical (unpaired) electrons. The van der Waals surface area contributed by atoms with Gasteiger partial charge in [-0.3, -0.25) is 0 Å². The van der Waals surface area contributed by atoms with Crippen molar-refractivity contribution in [1.29, 1.82) is 0 Å². The van der Waals surface area contributed by atoms with Crippen molar-refractivity contribution >= 4 is 71.6 Å². The summed E-state index contributed by atoms with van der Waals surface area (Å²) in [6.45, 7) is 0. The zero-order valence-corrected chi connectivity index (χ0v) is 13.7. The fourth-order valence-electron chi connectivity index (χ4n) is 1.68. The van der Waals surface area contributed by atoms with Crippen molar-refractivity contribution in [1.82, 2.24) is 0 Å². The molecule has 0 aliphatic carbocycles. The van der Waals surface area contributed by atoms with Crippen molar-refractivity contribution in [3.63, 3.8) is 0 Å². The van der Waals surface area contributed by atoms with Crippen molar-refractivity contribution in [2.75, 3.05) is 0 Å². The summed E-state index contributed by atoms with van der Waals surface area (Å²) in [4.78, 5) is 21.7. The topological polar surface area (TPSA) is 112 Å². The number of carbonyl (C=O) groups excluding carboxylic acids is 2. The summed E-state index contributed by atoms with van der Waals surface area (Å²) in [6.07, 6.45) is 0. The van der Waals surface area contributed by atoms with Gasteiger partial charge in [-0.2, -0.15) is 0 Å². The predicted octanol–water partition coefficient (Wildman–Crippen LogP) is -1.64. The minimum absolute atomic E-state index is 0. The van der Waals surface area contributed by atoms with Crippen LogP contribution in [0.1, 0.15) is 20.7 Å². The van der Waals surface area contributed by atoms with E-state index in [1.165, 1.54) is 24.3 Å². The van der Waals surface area contributed by atoms with Crippen LogP contribution in [0, 0.1) is 0 Å². The van der Waals surface area contributed by atoms with Crippen LogP contribution in [0.5, 0.6) is 0 Å². The maximum Gasteiger partial charge on any atom is 2.00 e. The van der Waals surface area contributed by atoms with Crippen molar-refractivity contribution in [3.8, 4) is 0 Å². The molecule has 0 unspecified atom stereocenters. The first-order chi connectivity index (χ1) is 7.61. The fraction of sp³-hybridized carbons (Fsp3) is 0. The van der Waals surface area contributed by atoms with Crippen LogP contribution in [0.4, 0.5) is 0 Å². The second-order valence-electron chi connectivity index (χ2n) is 3.28. The Morgan fingerprint density at radius 1 is 0.833 bits per heavy atom. The minimum Gasteiger partial charge on any atom is -0.545 e. The Kier molecular flexibility index (Phi) is 6.61. The molecule has 88 valence electrons. The predicted molar refractivity (Wildman–Crippen MR) is 62.0 cm³/mol. The van der Waals surface area contributed by atoms with E-state index in [4.69, 9.17) is 0 Å². The van der Waals surface area contributed by atoms with Gasteiger partial charge in [0.05, 0.1) is 11.9 Å². The SMILES string of the molecule is O.O=C([O-])c1cccc2cccc(C(=O)[O-])c12.[Ba+2]. The first kappa shape index (κ1) is 17.2. The second kappa shape index (κ2) is 6.93. The van der Waals surface area contributed by atoms with Gasteiger partial charge in [0.2, 0.25) is 0 Å². The molecular weight excluding hydrogens is 361 g/mol. The average Bonchev–Trinajstić information content (AvgIpc) is 2.27. The van der Waals surface area contributed by atoms with E-state index in [0.717, 1.165) is 0 Å². The molecule has 0 saturated heterocycles. The molecule has 2 rings (SSSR count). The number of rotatable bonds is 2. The summed E-state index contributed by atoms with van der Waals surface area (Å²) < 4.78 is 0. The molecule has 2 aromatic carbocycles. The monoisotopic (exact) mass is 370 g/mol. The third-order valence-corrected chi connectivity index (χ3v) is 2.34. The molecule has 0 fully saturated rings. The zero-order valence-electron chi connectivity index (χ0n) is 9.30. The van der Waals surface area contributed by atoms with Gasteiger partial charge in [0.1, 0.15) is 0 Å². The molecule has 2 aromatic rings. The summed E-state index contributed by atoms with van der Waals surface area (Å²) in [5, 5.41) is 22.4. The Hall–Kier alpha value is -0.829. The molecule has 0 amide bonds. The Labute approximate surface area is 143 Å². The van der Waals surface area contributed by atoms with Crippen LogP contribution in [0.25, 0.3) is 10.8 Å². The van der Waals surface area contributed by atoms with Gasteiger partial charge in [0.15, 0.2) is 0 Å². The van der Waals surface area contributed by atoms with Crippen LogP contribution >= 0.6 is 0 Å². The number of hydrogen-bond acceptors (Lipinski definition) is 4. The van der Waals surface area contributed by atoms with E-state index >= 15 is 0 Å². The van der Waals surface area contributed by atoms with E-state index < -0.39 is 11.9 Å². The summed E-state index contributed by atoms with van der Waals surface area (Å²) in [5.74, 6) is -2.81. The summed E-state index contributed by atoms with van der Waals surface area (Å²) in [7, 11) is 0. The number of carbonyl (C=O) groups is 2. The smallest absolute Gasteiger partial charge is 0.545 e. The molecule has 0 aliphatic heterocycles. The Balaban J connectivity index is 0.00000144. The second-order valence-corrected chi connectivity index (χ2v) is 3.28. The quantitative estimate of drug-likeness (QED) is 0.591. The molecule has 2 N–H and O–H groups in total. The summed E-state index contributed by atoms with van der Waals surface area (Å²) >= 11 is 0. The van der Waals surface area contributed by atoms with Gasteiger partial charge in [-0.05, 0) is 10.8 Å². The molecule has 0 bridgehead atoms. The number of benzene rings is 2. The van der Waals surface area contributed by atoms with Crippen LogP contribution in [0.2, 0.25) is 0 Å². The van der Waals surface area contributed by atoms with Crippen molar-refractivity contribution in [3.05, 3.63) is 47.5 Å². The van der Waals surface area contributed by atoms with E-state index in [2.05, 4.69) is 0 Å². The molecule has 5 nitrogen and oxygen atoms in total. The van der Waals surface area contributed by atoms with Gasteiger partial charge in [0.25, 0.3) is 0 Å². The molecule has 0 saturated carbocycles. The number of carboxylic acid groups (broad SMARTS) is 2. The average molecular weight is 370 g/mol. The number of fused-ring (bicyclic) bond motifs is 1. The van der Waals surface area contributed by atoms with Crippen LogP contribution in [-0.2, 0) is 0 Å². The van der Waals surface area contributed by atoms with Gasteiger partial charge < -0.3 is 25.3 Å². The standard InChI is InChI=1S/C12H8O4.Ba.H2O/c13-11(14)8-5-1-3-7-4-2-6-9(10(7)8)12(15)16;;/h1-6H,(H,13,14)(H,15,16);;1H2/q;+2;/p-2. The molecule has 18 heavy (non-hydrogen) atoms. The normalized spacial score (nSPS) is 9.11. The molecule has 0 aromatic heterocycles. The number of carboxylic acids is 2. The minimum atomic E-state index is -1.40. The molecule has 0 heterocycles. The van der Waals surface area contributed by atoms with Crippen molar-refractivity contribution < 1.29 is 25.3 Å². The van der Waals surface area contributed by atoms with Gasteiger partial charge in [-0.15, -0.1) is 0 Å². The van der Waals surface area contributed by atoms with Crippen LogP contribution in [0.15, 0.2) is 36.4 Å². The first-order valence-corrected chi connectivity index (χ1v) is 4.55. The third-order valence-electron chi connectivity index (χ3n) is 2.34. The molecule has 0 spiro atoms. The van der Waals surface area contributed by atoms with Gasteiger partial charge in [-0.25, -0.2) is 0 Å². The third kappa shape index (κ3) is 3.14. The van der Waals surface area contributed by atoms with E-state index in [9.17, 15) is 19.8 Å². The largest absolute Gasteiger partial charge is 2.00 e. The Bertz CT molecular complexity index is 545. The maximum absolute atomic E-state index is 10.9. The van der Waals surface area contributed by atoms with Crippen LogP contribution < -0.4 is 10.2 Å². The molecule has 0 aliphatic rings. The van der Waals surface area contributed by atoms with E-state index in [0.29, 0.717) is 5.39 Å². The summed E-state index contributed by atoms with van der Waals surface area (Å²) in [6, 6.07) is 8.95. The van der Waals surface area contributed by atoms with Gasteiger partial charge in [-0.1, -0.05) is 36.4 Å². The zero-order chi connectivity index (χ0) is 11.7. The van der Waals surface area contributed by atoms with Crippen LogP contribution in [0.3, 0.4) is 0 Å². The van der Waals surface area contributed by atoms with Gasteiger partial charge in [0, 0.05) is 11.1 Å². The van der Waals surface area contributed by atoms with Crippen molar-refractivity contribution in [2.24, 2.45) is 0 Å². The fourth-order valence-corrected chi connectivity index (χ4v) is 1.68. The molecule has 6 heteroatoms. The summed E-state index contributed by atoms with van der Waals surface area (Å²) in [5.41, 5.74) is -0.283. The molecular formula is C12H8BaO5. The van der Waals surface area contributed by atoms with Crippen molar-refractivity contribution in [2.45, 2.75) is 0 Å². The first-order valence-electron chi connectivity index (χ1n) is 4.55. The van der Waals surface area contributed by atoms with E-state index in [-0.39, 0.29) is 70.9 Å². The van der Waals surface area contributed by atoms with Crippen LogP contribution in [-0.4, -0.2) is 66.3 Å². The Morgan fingerprint density at radius 2 is 1.22 bits per heavy atom. The van der Waals surface area contributed by atoms with E-state index in [1.807, 2.05) is 0 Å². The molecule has 0 atom stereocenters. The van der Waals surface area contributed by atoms with Gasteiger partial charge >= 0.3 is 48.9 Å². The number of hydrogen-bond donors (Lipinski definition) is 0. The maximum atomic E-state index is 10.9.